The highest BCUT2D eigenvalue weighted by Gasteiger charge is 2.10. The maximum absolute atomic E-state index is 10.1. The summed E-state index contributed by atoms with van der Waals surface area (Å²) >= 11 is 3.38. The highest BCUT2D eigenvalue weighted by Crippen LogP contribution is 2.22. The van der Waals surface area contributed by atoms with Gasteiger partial charge in [-0.25, -0.2) is 4.98 Å². The summed E-state index contributed by atoms with van der Waals surface area (Å²) in [5, 5.41) is 11.1. The molecule has 0 aliphatic heterocycles. The van der Waals surface area contributed by atoms with E-state index < -0.39 is 0 Å². The molecule has 1 atom stereocenters. The lowest BCUT2D eigenvalue weighted by atomic mass is 10.2. The molecule has 0 fully saturated rings. The van der Waals surface area contributed by atoms with Crippen LogP contribution in [-0.2, 0) is 6.42 Å². The van der Waals surface area contributed by atoms with Crippen molar-refractivity contribution in [3.63, 3.8) is 0 Å². The Balaban J connectivity index is 1.84. The van der Waals surface area contributed by atoms with Gasteiger partial charge in [-0.2, -0.15) is 0 Å². The van der Waals surface area contributed by atoms with Crippen LogP contribution in [-0.4, -0.2) is 21.9 Å². The Hall–Kier alpha value is -0.840. The second kappa shape index (κ2) is 6.55. The molecule has 0 radical (unpaired) electrons. The Bertz CT molecular complexity index is 514. The second-order valence-electron chi connectivity index (χ2n) is 4.73. The van der Waals surface area contributed by atoms with E-state index in [4.69, 9.17) is 0 Å². The van der Waals surface area contributed by atoms with Crippen molar-refractivity contribution in [2.24, 2.45) is 0 Å². The zero-order chi connectivity index (χ0) is 13.8. The molecular formula is C15H19NOS2. The Morgan fingerprint density at radius 2 is 1.89 bits per heavy atom. The van der Waals surface area contributed by atoms with Crippen LogP contribution in [0, 0.1) is 20.8 Å². The smallest absolute Gasteiger partial charge is 0.0956 e. The van der Waals surface area contributed by atoms with Gasteiger partial charge in [0, 0.05) is 21.9 Å². The van der Waals surface area contributed by atoms with E-state index in [-0.39, 0.29) is 6.10 Å². The van der Waals surface area contributed by atoms with E-state index in [2.05, 4.69) is 43.1 Å². The first-order chi connectivity index (χ1) is 9.04. The van der Waals surface area contributed by atoms with E-state index in [1.54, 1.807) is 23.1 Å². The number of aliphatic hydroxyl groups is 1. The predicted octanol–water partition coefficient (Wildman–Crippen LogP) is 3.76. The number of hydrogen-bond acceptors (Lipinski definition) is 4. The molecule has 2 aromatic rings. The van der Waals surface area contributed by atoms with Gasteiger partial charge in [-0.15, -0.1) is 23.1 Å². The van der Waals surface area contributed by atoms with Crippen molar-refractivity contribution >= 4 is 23.1 Å². The molecule has 0 aliphatic rings. The van der Waals surface area contributed by atoms with E-state index in [0.29, 0.717) is 12.2 Å². The van der Waals surface area contributed by atoms with Crippen molar-refractivity contribution in [1.29, 1.82) is 0 Å². The van der Waals surface area contributed by atoms with Crippen molar-refractivity contribution in [1.82, 2.24) is 4.98 Å². The SMILES string of the molecule is Cc1ccc(SCC(O)Cc2nc(C)c(C)s2)cc1. The molecule has 1 N–H and O–H groups in total. The number of thiazole rings is 1. The molecule has 0 spiro atoms. The van der Waals surface area contributed by atoms with Gasteiger partial charge in [0.25, 0.3) is 0 Å². The quantitative estimate of drug-likeness (QED) is 0.852. The van der Waals surface area contributed by atoms with Crippen molar-refractivity contribution in [3.8, 4) is 0 Å². The molecule has 2 nitrogen and oxygen atoms in total. The molecule has 0 saturated carbocycles. The van der Waals surface area contributed by atoms with E-state index in [1.165, 1.54) is 15.3 Å². The van der Waals surface area contributed by atoms with E-state index in [0.717, 1.165) is 10.7 Å². The van der Waals surface area contributed by atoms with Gasteiger partial charge in [-0.3, -0.25) is 0 Å². The summed E-state index contributed by atoms with van der Waals surface area (Å²) in [6, 6.07) is 8.40. The molecule has 19 heavy (non-hydrogen) atoms. The summed E-state index contributed by atoms with van der Waals surface area (Å²) in [7, 11) is 0. The molecule has 1 aromatic carbocycles. The lowest BCUT2D eigenvalue weighted by Crippen LogP contribution is -2.13. The summed E-state index contributed by atoms with van der Waals surface area (Å²) in [6.07, 6.45) is 0.314. The van der Waals surface area contributed by atoms with Crippen molar-refractivity contribution in [3.05, 3.63) is 45.4 Å². The van der Waals surface area contributed by atoms with Crippen LogP contribution in [0.3, 0.4) is 0 Å². The standard InChI is InChI=1S/C15H19NOS2/c1-10-4-6-14(7-5-10)18-9-13(17)8-15-16-11(2)12(3)19-15/h4-7,13,17H,8-9H2,1-3H3. The summed E-state index contributed by atoms with van der Waals surface area (Å²) in [5.74, 6) is 0.709. The van der Waals surface area contributed by atoms with Crippen LogP contribution in [0.2, 0.25) is 0 Å². The Morgan fingerprint density at radius 3 is 2.47 bits per heavy atom. The zero-order valence-corrected chi connectivity index (χ0v) is 13.1. The number of aliphatic hydroxyl groups excluding tert-OH is 1. The number of rotatable bonds is 5. The van der Waals surface area contributed by atoms with Gasteiger partial charge in [-0.1, -0.05) is 17.7 Å². The number of aromatic nitrogens is 1. The number of benzene rings is 1. The molecule has 1 unspecified atom stereocenters. The van der Waals surface area contributed by atoms with Crippen LogP contribution in [0.15, 0.2) is 29.2 Å². The second-order valence-corrected chi connectivity index (χ2v) is 7.11. The Morgan fingerprint density at radius 1 is 1.21 bits per heavy atom. The summed E-state index contributed by atoms with van der Waals surface area (Å²) in [4.78, 5) is 6.91. The number of aryl methyl sites for hydroxylation is 3. The molecular weight excluding hydrogens is 274 g/mol. The average Bonchev–Trinajstić information content (AvgIpc) is 2.67. The minimum absolute atomic E-state index is 0.337. The molecule has 0 amide bonds. The highest BCUT2D eigenvalue weighted by atomic mass is 32.2. The van der Waals surface area contributed by atoms with Crippen LogP contribution in [0.1, 0.15) is 21.1 Å². The largest absolute Gasteiger partial charge is 0.392 e. The summed E-state index contributed by atoms with van der Waals surface area (Å²) < 4.78 is 0. The Labute approximate surface area is 122 Å². The molecule has 102 valence electrons. The first-order valence-corrected chi connectivity index (χ1v) is 8.15. The minimum atomic E-state index is -0.337. The fraction of sp³-hybridized carbons (Fsp3) is 0.400. The molecule has 1 aromatic heterocycles. The Kier molecular flexibility index (Phi) is 5.02. The highest BCUT2D eigenvalue weighted by molar-refractivity contribution is 7.99. The van der Waals surface area contributed by atoms with Gasteiger partial charge in [0.1, 0.15) is 0 Å². The first-order valence-electron chi connectivity index (χ1n) is 6.35. The third-order valence-corrected chi connectivity index (χ3v) is 5.20. The zero-order valence-electron chi connectivity index (χ0n) is 11.5. The number of hydrogen-bond donors (Lipinski definition) is 1. The third-order valence-electron chi connectivity index (χ3n) is 2.95. The lowest BCUT2D eigenvalue weighted by molar-refractivity contribution is 0.200. The maximum atomic E-state index is 10.1. The molecule has 4 heteroatoms. The normalized spacial score (nSPS) is 12.6. The summed E-state index contributed by atoms with van der Waals surface area (Å²) in [6.45, 7) is 6.17. The first kappa shape index (κ1) is 14.6. The van der Waals surface area contributed by atoms with Gasteiger partial charge in [0.05, 0.1) is 16.8 Å². The van der Waals surface area contributed by atoms with Crippen LogP contribution < -0.4 is 0 Å². The van der Waals surface area contributed by atoms with E-state index in [9.17, 15) is 5.11 Å². The fourth-order valence-corrected chi connectivity index (χ4v) is 3.55. The topological polar surface area (TPSA) is 33.1 Å². The van der Waals surface area contributed by atoms with Crippen LogP contribution in [0.4, 0.5) is 0 Å². The predicted molar refractivity (Wildman–Crippen MR) is 83.2 cm³/mol. The minimum Gasteiger partial charge on any atom is -0.392 e. The van der Waals surface area contributed by atoms with E-state index in [1.807, 2.05) is 6.92 Å². The van der Waals surface area contributed by atoms with Gasteiger partial charge in [-0.05, 0) is 32.9 Å². The van der Waals surface area contributed by atoms with Crippen molar-refractivity contribution < 1.29 is 5.11 Å². The van der Waals surface area contributed by atoms with Crippen molar-refractivity contribution in [2.45, 2.75) is 38.2 Å². The van der Waals surface area contributed by atoms with Gasteiger partial charge >= 0.3 is 0 Å². The van der Waals surface area contributed by atoms with Crippen LogP contribution >= 0.6 is 23.1 Å². The molecule has 2 rings (SSSR count). The van der Waals surface area contributed by atoms with Gasteiger partial charge in [0.2, 0.25) is 0 Å². The fourth-order valence-electron chi connectivity index (χ4n) is 1.71. The molecule has 0 saturated heterocycles. The average molecular weight is 293 g/mol. The van der Waals surface area contributed by atoms with E-state index >= 15 is 0 Å². The maximum Gasteiger partial charge on any atom is 0.0956 e. The molecule has 1 heterocycles. The third kappa shape index (κ3) is 4.34. The number of nitrogens with zero attached hydrogens (tertiary/aromatic N) is 1. The van der Waals surface area contributed by atoms with Crippen LogP contribution in [0.25, 0.3) is 0 Å². The summed E-state index contributed by atoms with van der Waals surface area (Å²) in [5.41, 5.74) is 2.34. The lowest BCUT2D eigenvalue weighted by Gasteiger charge is -2.08. The van der Waals surface area contributed by atoms with Crippen molar-refractivity contribution in [2.75, 3.05) is 5.75 Å². The monoisotopic (exact) mass is 293 g/mol. The molecule has 0 bridgehead atoms. The van der Waals surface area contributed by atoms with Gasteiger partial charge in [0.15, 0.2) is 0 Å². The molecule has 0 aliphatic carbocycles. The van der Waals surface area contributed by atoms with Crippen LogP contribution in [0.5, 0.6) is 0 Å². The number of thioether (sulfide) groups is 1. The van der Waals surface area contributed by atoms with Gasteiger partial charge < -0.3 is 5.11 Å².